The summed E-state index contributed by atoms with van der Waals surface area (Å²) in [5.41, 5.74) is 2.80. The van der Waals surface area contributed by atoms with Gasteiger partial charge in [0.05, 0.1) is 22.6 Å². The molecule has 0 saturated carbocycles. The second-order valence-corrected chi connectivity index (χ2v) is 5.57. The van der Waals surface area contributed by atoms with Crippen molar-refractivity contribution >= 4 is 23.3 Å². The number of hydrogen-bond donors (Lipinski definition) is 2. The van der Waals surface area contributed by atoms with E-state index < -0.39 is 0 Å². The van der Waals surface area contributed by atoms with Crippen molar-refractivity contribution in [1.29, 1.82) is 0 Å². The summed E-state index contributed by atoms with van der Waals surface area (Å²) in [4.78, 5) is 20.2. The van der Waals surface area contributed by atoms with Crippen molar-refractivity contribution < 1.29 is 9.90 Å². The van der Waals surface area contributed by atoms with E-state index >= 15 is 0 Å². The van der Waals surface area contributed by atoms with E-state index in [0.717, 1.165) is 11.1 Å². The third kappa shape index (κ3) is 3.36. The van der Waals surface area contributed by atoms with Crippen molar-refractivity contribution in [2.75, 3.05) is 5.32 Å². The highest BCUT2D eigenvalue weighted by molar-refractivity contribution is 6.32. The van der Waals surface area contributed by atoms with Crippen molar-refractivity contribution in [1.82, 2.24) is 9.97 Å². The first-order valence-electron chi connectivity index (χ1n) is 7.23. The molecule has 1 amide bonds. The van der Waals surface area contributed by atoms with E-state index in [-0.39, 0.29) is 16.7 Å². The maximum absolute atomic E-state index is 11.3. The van der Waals surface area contributed by atoms with E-state index in [1.54, 1.807) is 12.1 Å². The van der Waals surface area contributed by atoms with Crippen LogP contribution in [0.5, 0.6) is 5.75 Å². The van der Waals surface area contributed by atoms with Crippen molar-refractivity contribution in [3.05, 3.63) is 59.8 Å². The maximum atomic E-state index is 11.3. The molecule has 0 unspecified atom stereocenters. The summed E-state index contributed by atoms with van der Waals surface area (Å²) < 4.78 is 0. The van der Waals surface area contributed by atoms with Gasteiger partial charge >= 0.3 is 0 Å². The van der Waals surface area contributed by atoms with Gasteiger partial charge in [-0.15, -0.1) is 0 Å². The molecule has 0 aliphatic rings. The predicted octanol–water partition coefficient (Wildman–Crippen LogP) is 4.13. The molecule has 0 atom stereocenters. The fourth-order valence-corrected chi connectivity index (χ4v) is 2.47. The summed E-state index contributed by atoms with van der Waals surface area (Å²) in [6.07, 6.45) is 1.49. The van der Waals surface area contributed by atoms with Gasteiger partial charge in [-0.1, -0.05) is 41.9 Å². The van der Waals surface area contributed by atoms with Gasteiger partial charge in [0, 0.05) is 18.1 Å². The lowest BCUT2D eigenvalue weighted by atomic mass is 10.0. The molecule has 0 radical (unpaired) electrons. The standard InChI is InChI=1S/C18H14ClN3O2/c1-11(23)21-16-10-20-17(13-7-8-15(24)14(19)9-13)18(22-16)12-5-3-2-4-6-12/h2-10,24H,1H3,(H,21,22,23). The molecule has 0 aliphatic carbocycles. The summed E-state index contributed by atoms with van der Waals surface area (Å²) in [7, 11) is 0. The molecule has 0 saturated heterocycles. The van der Waals surface area contributed by atoms with E-state index in [2.05, 4.69) is 15.3 Å². The summed E-state index contributed by atoms with van der Waals surface area (Å²) in [6.45, 7) is 1.41. The van der Waals surface area contributed by atoms with Gasteiger partial charge < -0.3 is 10.4 Å². The van der Waals surface area contributed by atoms with Gasteiger partial charge in [0.25, 0.3) is 0 Å². The summed E-state index contributed by atoms with van der Waals surface area (Å²) >= 11 is 6.01. The van der Waals surface area contributed by atoms with Crippen LogP contribution in [0, 0.1) is 0 Å². The van der Waals surface area contributed by atoms with Crippen LogP contribution in [0.25, 0.3) is 22.5 Å². The molecule has 3 rings (SSSR count). The minimum atomic E-state index is -0.219. The van der Waals surface area contributed by atoms with Crippen LogP contribution < -0.4 is 5.32 Å². The Balaban J connectivity index is 2.17. The largest absolute Gasteiger partial charge is 0.506 e. The first-order valence-corrected chi connectivity index (χ1v) is 7.61. The Morgan fingerprint density at radius 1 is 1.08 bits per heavy atom. The van der Waals surface area contributed by atoms with Gasteiger partial charge in [0.1, 0.15) is 5.75 Å². The number of phenolic OH excluding ortho intramolecular Hbond substituents is 1. The molecule has 2 N–H and O–H groups in total. The third-order valence-electron chi connectivity index (χ3n) is 3.34. The molecule has 0 spiro atoms. The molecule has 24 heavy (non-hydrogen) atoms. The number of aromatic nitrogens is 2. The Morgan fingerprint density at radius 2 is 1.83 bits per heavy atom. The molecule has 6 heteroatoms. The number of anilines is 1. The lowest BCUT2D eigenvalue weighted by Crippen LogP contribution is -2.09. The van der Waals surface area contributed by atoms with Crippen LogP contribution in [0.1, 0.15) is 6.92 Å². The van der Waals surface area contributed by atoms with Crippen molar-refractivity contribution in [2.24, 2.45) is 0 Å². The van der Waals surface area contributed by atoms with E-state index in [4.69, 9.17) is 11.6 Å². The zero-order valence-corrected chi connectivity index (χ0v) is 13.6. The Bertz CT molecular complexity index is 898. The van der Waals surface area contributed by atoms with Crippen LogP contribution in [-0.2, 0) is 4.79 Å². The zero-order chi connectivity index (χ0) is 17.1. The summed E-state index contributed by atoms with van der Waals surface area (Å²) in [6, 6.07) is 14.4. The number of benzene rings is 2. The minimum absolute atomic E-state index is 0.00417. The van der Waals surface area contributed by atoms with Crippen LogP contribution in [0.4, 0.5) is 5.82 Å². The summed E-state index contributed by atoms with van der Waals surface area (Å²) in [5, 5.41) is 12.5. The molecule has 2 aromatic carbocycles. The monoisotopic (exact) mass is 339 g/mol. The maximum Gasteiger partial charge on any atom is 0.222 e. The summed E-state index contributed by atoms with van der Waals surface area (Å²) in [5.74, 6) is 0.156. The van der Waals surface area contributed by atoms with Gasteiger partial charge in [0.2, 0.25) is 5.91 Å². The van der Waals surface area contributed by atoms with Crippen molar-refractivity contribution in [3.8, 4) is 28.3 Å². The smallest absolute Gasteiger partial charge is 0.222 e. The van der Waals surface area contributed by atoms with E-state index in [9.17, 15) is 9.90 Å². The van der Waals surface area contributed by atoms with Gasteiger partial charge in [-0.3, -0.25) is 9.78 Å². The number of phenols is 1. The van der Waals surface area contributed by atoms with Gasteiger partial charge in [-0.25, -0.2) is 4.98 Å². The lowest BCUT2D eigenvalue weighted by Gasteiger charge is -2.11. The van der Waals surface area contributed by atoms with Crippen LogP contribution in [0.2, 0.25) is 5.02 Å². The van der Waals surface area contributed by atoms with Crippen LogP contribution in [0.15, 0.2) is 54.7 Å². The first kappa shape index (κ1) is 16.0. The molecule has 1 heterocycles. The number of halogens is 1. The highest BCUT2D eigenvalue weighted by Crippen LogP contribution is 2.33. The Hall–Kier alpha value is -2.92. The number of amides is 1. The Kier molecular flexibility index (Phi) is 4.44. The number of carbonyl (C=O) groups is 1. The van der Waals surface area contributed by atoms with Gasteiger partial charge in [-0.2, -0.15) is 0 Å². The van der Waals surface area contributed by atoms with Crippen LogP contribution in [0.3, 0.4) is 0 Å². The predicted molar refractivity (Wildman–Crippen MR) is 93.9 cm³/mol. The molecule has 1 aromatic heterocycles. The number of nitrogens with zero attached hydrogens (tertiary/aromatic N) is 2. The van der Waals surface area contributed by atoms with E-state index in [1.165, 1.54) is 19.2 Å². The number of carbonyl (C=O) groups excluding carboxylic acids is 1. The Labute approximate surface area is 144 Å². The number of hydrogen-bond acceptors (Lipinski definition) is 4. The number of rotatable bonds is 3. The number of nitrogens with one attached hydrogen (secondary N) is 1. The first-order chi connectivity index (χ1) is 11.5. The van der Waals surface area contributed by atoms with Gasteiger partial charge in [0.15, 0.2) is 5.82 Å². The second-order valence-electron chi connectivity index (χ2n) is 5.17. The molecule has 0 aliphatic heterocycles. The topological polar surface area (TPSA) is 75.1 Å². The minimum Gasteiger partial charge on any atom is -0.506 e. The average molecular weight is 340 g/mol. The SMILES string of the molecule is CC(=O)Nc1cnc(-c2ccc(O)c(Cl)c2)c(-c2ccccc2)n1. The van der Waals surface area contributed by atoms with Crippen molar-refractivity contribution in [3.63, 3.8) is 0 Å². The van der Waals surface area contributed by atoms with Crippen molar-refractivity contribution in [2.45, 2.75) is 6.92 Å². The molecular formula is C18H14ClN3O2. The zero-order valence-electron chi connectivity index (χ0n) is 12.8. The molecule has 3 aromatic rings. The molecular weight excluding hydrogens is 326 g/mol. The quantitative estimate of drug-likeness (QED) is 0.752. The normalized spacial score (nSPS) is 10.4. The second kappa shape index (κ2) is 6.68. The van der Waals surface area contributed by atoms with E-state index in [0.29, 0.717) is 17.2 Å². The Morgan fingerprint density at radius 3 is 2.50 bits per heavy atom. The highest BCUT2D eigenvalue weighted by atomic mass is 35.5. The van der Waals surface area contributed by atoms with Crippen LogP contribution in [-0.4, -0.2) is 21.0 Å². The highest BCUT2D eigenvalue weighted by Gasteiger charge is 2.14. The fraction of sp³-hybridized carbons (Fsp3) is 0.0556. The average Bonchev–Trinajstić information content (AvgIpc) is 2.58. The lowest BCUT2D eigenvalue weighted by molar-refractivity contribution is -0.114. The molecule has 0 bridgehead atoms. The fourth-order valence-electron chi connectivity index (χ4n) is 2.29. The van der Waals surface area contributed by atoms with Crippen LogP contribution >= 0.6 is 11.6 Å². The van der Waals surface area contributed by atoms with Gasteiger partial charge in [-0.05, 0) is 18.2 Å². The molecule has 0 fully saturated rings. The molecule has 120 valence electrons. The van der Waals surface area contributed by atoms with E-state index in [1.807, 2.05) is 30.3 Å². The molecule has 5 nitrogen and oxygen atoms in total. The number of aromatic hydroxyl groups is 1. The third-order valence-corrected chi connectivity index (χ3v) is 3.65.